The summed E-state index contributed by atoms with van der Waals surface area (Å²) in [5.74, 6) is 0. The van der Waals surface area contributed by atoms with Crippen molar-refractivity contribution in [1.29, 1.82) is 0 Å². The Labute approximate surface area is 114 Å². The summed E-state index contributed by atoms with van der Waals surface area (Å²) >= 11 is 0. The first-order valence-corrected chi connectivity index (χ1v) is 6.68. The molecule has 2 N–H and O–H groups in total. The lowest BCUT2D eigenvalue weighted by Crippen LogP contribution is -2.31. The summed E-state index contributed by atoms with van der Waals surface area (Å²) in [4.78, 5) is 4.42. The second-order valence-electron chi connectivity index (χ2n) is 4.57. The third-order valence-electron chi connectivity index (χ3n) is 3.15. The quantitative estimate of drug-likeness (QED) is 0.835. The smallest absolute Gasteiger partial charge is 0.0752 e. The van der Waals surface area contributed by atoms with Gasteiger partial charge in [0.15, 0.2) is 0 Å². The van der Waals surface area contributed by atoms with Crippen LogP contribution in [0.25, 0.3) is 0 Å². The van der Waals surface area contributed by atoms with Crippen LogP contribution in [-0.4, -0.2) is 22.7 Å². The molecule has 100 valence electrons. The molecule has 1 aromatic heterocycles. The molecule has 0 aliphatic heterocycles. The van der Waals surface area contributed by atoms with Crippen LogP contribution in [0.15, 0.2) is 54.7 Å². The molecule has 1 unspecified atom stereocenters. The Morgan fingerprint density at radius 2 is 1.84 bits per heavy atom. The van der Waals surface area contributed by atoms with Gasteiger partial charge in [0, 0.05) is 12.7 Å². The van der Waals surface area contributed by atoms with Crippen LogP contribution in [0.2, 0.25) is 0 Å². The maximum Gasteiger partial charge on any atom is 0.0752 e. The lowest BCUT2D eigenvalue weighted by molar-refractivity contribution is 0.164. The van der Waals surface area contributed by atoms with E-state index in [0.29, 0.717) is 6.54 Å². The van der Waals surface area contributed by atoms with E-state index < -0.39 is 0 Å². The number of hydrogen-bond acceptors (Lipinski definition) is 3. The second kappa shape index (κ2) is 7.02. The van der Waals surface area contributed by atoms with E-state index in [1.807, 2.05) is 43.3 Å². The first-order chi connectivity index (χ1) is 9.31. The van der Waals surface area contributed by atoms with E-state index in [2.05, 4.69) is 22.4 Å². The molecule has 1 heterocycles. The highest BCUT2D eigenvalue weighted by molar-refractivity contribution is 5.27. The van der Waals surface area contributed by atoms with Gasteiger partial charge in [-0.2, -0.15) is 0 Å². The third kappa shape index (κ3) is 3.88. The summed E-state index contributed by atoms with van der Waals surface area (Å²) in [6, 6.07) is 16.1. The molecule has 3 heteroatoms. The van der Waals surface area contributed by atoms with Crippen molar-refractivity contribution in [3.63, 3.8) is 0 Å². The molecule has 0 bridgehead atoms. The number of hydrogen-bond donors (Lipinski definition) is 2. The van der Waals surface area contributed by atoms with Gasteiger partial charge >= 0.3 is 0 Å². The van der Waals surface area contributed by atoms with Crippen molar-refractivity contribution in [1.82, 2.24) is 10.3 Å². The molecule has 2 aromatic rings. The average molecular weight is 256 g/mol. The number of benzene rings is 1. The van der Waals surface area contributed by atoms with Gasteiger partial charge < -0.3 is 10.4 Å². The van der Waals surface area contributed by atoms with E-state index in [1.54, 1.807) is 6.20 Å². The predicted octanol–water partition coefficient (Wildman–Crippen LogP) is 2.53. The Hall–Kier alpha value is -1.71. The largest absolute Gasteiger partial charge is 0.392 e. The molecule has 0 saturated carbocycles. The predicted molar refractivity (Wildman–Crippen MR) is 76.8 cm³/mol. The van der Waals surface area contributed by atoms with E-state index >= 15 is 0 Å². The number of aliphatic hydroxyl groups excluding tert-OH is 1. The Morgan fingerprint density at radius 3 is 2.47 bits per heavy atom. The molecule has 2 atom stereocenters. The highest BCUT2D eigenvalue weighted by atomic mass is 16.3. The zero-order valence-corrected chi connectivity index (χ0v) is 11.2. The van der Waals surface area contributed by atoms with Crippen molar-refractivity contribution < 1.29 is 5.11 Å². The van der Waals surface area contributed by atoms with Gasteiger partial charge in [-0.15, -0.1) is 0 Å². The van der Waals surface area contributed by atoms with Gasteiger partial charge in [-0.1, -0.05) is 43.3 Å². The lowest BCUT2D eigenvalue weighted by atomic mass is 10.0. The van der Waals surface area contributed by atoms with Gasteiger partial charge in [-0.25, -0.2) is 0 Å². The third-order valence-corrected chi connectivity index (χ3v) is 3.15. The molecule has 0 aliphatic carbocycles. The summed E-state index contributed by atoms with van der Waals surface area (Å²) in [5, 5.41) is 13.1. The van der Waals surface area contributed by atoms with E-state index in [0.717, 1.165) is 17.7 Å². The van der Waals surface area contributed by atoms with Crippen LogP contribution in [0.3, 0.4) is 0 Å². The number of aromatic nitrogens is 1. The molecule has 19 heavy (non-hydrogen) atoms. The van der Waals surface area contributed by atoms with Crippen molar-refractivity contribution in [2.75, 3.05) is 6.54 Å². The fraction of sp³-hybridized carbons (Fsp3) is 0.312. The monoisotopic (exact) mass is 256 g/mol. The highest BCUT2D eigenvalue weighted by Gasteiger charge is 2.15. The minimum absolute atomic E-state index is 0.0172. The fourth-order valence-electron chi connectivity index (χ4n) is 1.98. The van der Waals surface area contributed by atoms with Crippen molar-refractivity contribution in [2.24, 2.45) is 0 Å². The SMILES string of the molecule is CC[C@@H](O)CNC(c1ccccc1)c1ccccn1. The normalized spacial score (nSPS) is 14.0. The summed E-state index contributed by atoms with van der Waals surface area (Å²) in [6.45, 7) is 2.54. The Morgan fingerprint density at radius 1 is 1.11 bits per heavy atom. The van der Waals surface area contributed by atoms with Crippen LogP contribution in [0, 0.1) is 0 Å². The van der Waals surface area contributed by atoms with Crippen LogP contribution in [-0.2, 0) is 0 Å². The molecule has 0 spiro atoms. The van der Waals surface area contributed by atoms with Crippen LogP contribution < -0.4 is 5.32 Å². The molecule has 3 nitrogen and oxygen atoms in total. The van der Waals surface area contributed by atoms with Gasteiger partial charge in [0.05, 0.1) is 17.8 Å². The van der Waals surface area contributed by atoms with Crippen LogP contribution >= 0.6 is 0 Å². The molecule has 0 saturated heterocycles. The zero-order valence-electron chi connectivity index (χ0n) is 11.2. The highest BCUT2D eigenvalue weighted by Crippen LogP contribution is 2.19. The van der Waals surface area contributed by atoms with Crippen LogP contribution in [0.4, 0.5) is 0 Å². The molecule has 0 radical (unpaired) electrons. The Kier molecular flexibility index (Phi) is 5.07. The second-order valence-corrected chi connectivity index (χ2v) is 4.57. The van der Waals surface area contributed by atoms with Crippen molar-refractivity contribution in [3.05, 3.63) is 66.0 Å². The van der Waals surface area contributed by atoms with Crippen molar-refractivity contribution in [3.8, 4) is 0 Å². The number of aliphatic hydroxyl groups is 1. The summed E-state index contributed by atoms with van der Waals surface area (Å²) < 4.78 is 0. The topological polar surface area (TPSA) is 45.1 Å². The summed E-state index contributed by atoms with van der Waals surface area (Å²) in [5.41, 5.74) is 2.13. The number of nitrogens with zero attached hydrogens (tertiary/aromatic N) is 1. The molecule has 0 amide bonds. The van der Waals surface area contributed by atoms with Crippen molar-refractivity contribution in [2.45, 2.75) is 25.5 Å². The van der Waals surface area contributed by atoms with E-state index in [1.165, 1.54) is 0 Å². The average Bonchev–Trinajstić information content (AvgIpc) is 2.49. The standard InChI is InChI=1S/C16H20N2O/c1-2-14(19)12-18-16(13-8-4-3-5-9-13)15-10-6-7-11-17-15/h3-11,14,16,18-19H,2,12H2,1H3/t14-,16?/m1/s1. The van der Waals surface area contributed by atoms with Crippen molar-refractivity contribution >= 4 is 0 Å². The fourth-order valence-corrected chi connectivity index (χ4v) is 1.98. The minimum Gasteiger partial charge on any atom is -0.392 e. The number of rotatable bonds is 6. The summed E-state index contributed by atoms with van der Waals surface area (Å²) in [7, 11) is 0. The van der Waals surface area contributed by atoms with Gasteiger partial charge in [-0.05, 0) is 24.1 Å². The Bertz CT molecular complexity index is 433. The maximum absolute atomic E-state index is 9.72. The molecule has 0 aliphatic rings. The molecule has 0 fully saturated rings. The van der Waals surface area contributed by atoms with Gasteiger partial charge in [0.25, 0.3) is 0 Å². The van der Waals surface area contributed by atoms with Gasteiger partial charge in [-0.3, -0.25) is 4.98 Å². The molecular weight excluding hydrogens is 236 g/mol. The molecule has 1 aromatic carbocycles. The summed E-state index contributed by atoms with van der Waals surface area (Å²) in [6.07, 6.45) is 2.22. The zero-order chi connectivity index (χ0) is 13.5. The molecule has 2 rings (SSSR count). The van der Waals surface area contributed by atoms with E-state index in [4.69, 9.17) is 0 Å². The first-order valence-electron chi connectivity index (χ1n) is 6.68. The van der Waals surface area contributed by atoms with E-state index in [-0.39, 0.29) is 12.1 Å². The van der Waals surface area contributed by atoms with Crippen LogP contribution in [0.5, 0.6) is 0 Å². The number of nitrogens with one attached hydrogen (secondary N) is 1. The number of pyridine rings is 1. The van der Waals surface area contributed by atoms with E-state index in [9.17, 15) is 5.11 Å². The first kappa shape index (κ1) is 13.7. The lowest BCUT2D eigenvalue weighted by Gasteiger charge is -2.20. The Balaban J connectivity index is 2.19. The minimum atomic E-state index is -0.324. The van der Waals surface area contributed by atoms with Gasteiger partial charge in [0.1, 0.15) is 0 Å². The molecular formula is C16H20N2O. The van der Waals surface area contributed by atoms with Crippen LogP contribution in [0.1, 0.15) is 30.6 Å². The van der Waals surface area contributed by atoms with Gasteiger partial charge in [0.2, 0.25) is 0 Å². The maximum atomic E-state index is 9.72.